The molecule has 0 heterocycles. The van der Waals surface area contributed by atoms with Gasteiger partial charge in [-0.1, -0.05) is 25.5 Å². The second-order valence-electron chi connectivity index (χ2n) is 5.32. The van der Waals surface area contributed by atoms with Crippen molar-refractivity contribution in [2.45, 2.75) is 45.2 Å². The highest BCUT2D eigenvalue weighted by Crippen LogP contribution is 2.56. The third-order valence-electron chi connectivity index (χ3n) is 4.15. The maximum absolute atomic E-state index is 3.76. The van der Waals surface area contributed by atoms with Crippen LogP contribution in [-0.2, 0) is 0 Å². The third-order valence-corrected chi connectivity index (χ3v) is 4.15. The number of rotatable bonds is 2. The summed E-state index contributed by atoms with van der Waals surface area (Å²) in [5.41, 5.74) is 1.81. The minimum Gasteiger partial charge on any atom is -0.311 e. The zero-order chi connectivity index (χ0) is 9.00. The fourth-order valence-electron chi connectivity index (χ4n) is 3.63. The van der Waals surface area contributed by atoms with E-state index in [-0.39, 0.29) is 0 Å². The normalized spacial score (nSPS) is 46.2. The SMILES string of the molecule is CC(C)NC1C2CC=C3C(C2)CC31. The van der Waals surface area contributed by atoms with Gasteiger partial charge in [-0.25, -0.2) is 0 Å². The van der Waals surface area contributed by atoms with Crippen LogP contribution in [0.3, 0.4) is 0 Å². The minimum absolute atomic E-state index is 0.656. The zero-order valence-electron chi connectivity index (χ0n) is 8.59. The summed E-state index contributed by atoms with van der Waals surface area (Å²) in [6, 6.07) is 1.48. The van der Waals surface area contributed by atoms with Gasteiger partial charge in [-0.3, -0.25) is 0 Å². The topological polar surface area (TPSA) is 12.0 Å². The van der Waals surface area contributed by atoms with Crippen LogP contribution in [0.25, 0.3) is 0 Å². The van der Waals surface area contributed by atoms with Crippen molar-refractivity contribution < 1.29 is 0 Å². The maximum Gasteiger partial charge on any atom is 0.0167 e. The van der Waals surface area contributed by atoms with Gasteiger partial charge in [0.1, 0.15) is 0 Å². The lowest BCUT2D eigenvalue weighted by molar-refractivity contribution is 0.0724. The van der Waals surface area contributed by atoms with Gasteiger partial charge in [0.15, 0.2) is 0 Å². The van der Waals surface area contributed by atoms with Crippen molar-refractivity contribution in [1.29, 1.82) is 0 Å². The quantitative estimate of drug-likeness (QED) is 0.638. The molecule has 72 valence electrons. The van der Waals surface area contributed by atoms with Crippen LogP contribution >= 0.6 is 0 Å². The Hall–Kier alpha value is -0.300. The summed E-state index contributed by atoms with van der Waals surface area (Å²) in [5, 5.41) is 3.76. The molecule has 0 aromatic heterocycles. The van der Waals surface area contributed by atoms with Crippen molar-refractivity contribution >= 4 is 0 Å². The first-order valence-corrected chi connectivity index (χ1v) is 5.71. The van der Waals surface area contributed by atoms with Crippen molar-refractivity contribution in [3.05, 3.63) is 11.6 Å². The maximum atomic E-state index is 3.76. The summed E-state index contributed by atoms with van der Waals surface area (Å²) < 4.78 is 0. The average molecular weight is 177 g/mol. The zero-order valence-corrected chi connectivity index (χ0v) is 8.59. The second kappa shape index (κ2) is 2.60. The van der Waals surface area contributed by atoms with Crippen LogP contribution in [0.2, 0.25) is 0 Å². The Morgan fingerprint density at radius 2 is 2.23 bits per heavy atom. The number of hydrogen-bond acceptors (Lipinski definition) is 1. The molecule has 0 saturated heterocycles. The molecule has 1 N–H and O–H groups in total. The monoisotopic (exact) mass is 177 g/mol. The molecule has 0 aromatic rings. The molecule has 13 heavy (non-hydrogen) atoms. The molecule has 0 spiro atoms. The molecule has 5 rings (SSSR count). The second-order valence-corrected chi connectivity index (χ2v) is 5.32. The van der Waals surface area contributed by atoms with E-state index >= 15 is 0 Å². The lowest BCUT2D eigenvalue weighted by atomic mass is 9.51. The van der Waals surface area contributed by atoms with Gasteiger partial charge in [0.05, 0.1) is 0 Å². The van der Waals surface area contributed by atoms with E-state index in [4.69, 9.17) is 0 Å². The summed E-state index contributed by atoms with van der Waals surface area (Å²) in [7, 11) is 0. The van der Waals surface area contributed by atoms with Gasteiger partial charge < -0.3 is 5.32 Å². The summed E-state index contributed by atoms with van der Waals surface area (Å²) in [4.78, 5) is 0. The highest BCUT2D eigenvalue weighted by atomic mass is 15.0. The molecule has 3 fully saturated rings. The van der Waals surface area contributed by atoms with Gasteiger partial charge in [0, 0.05) is 12.1 Å². The Kier molecular flexibility index (Phi) is 1.61. The van der Waals surface area contributed by atoms with E-state index in [0.29, 0.717) is 6.04 Å². The lowest BCUT2D eigenvalue weighted by Gasteiger charge is -2.57. The molecule has 1 nitrogen and oxygen atoms in total. The Bertz CT molecular complexity index is 254. The Balaban J connectivity index is 1.80. The van der Waals surface area contributed by atoms with Crippen molar-refractivity contribution in [3.8, 4) is 0 Å². The van der Waals surface area contributed by atoms with Crippen molar-refractivity contribution in [1.82, 2.24) is 5.32 Å². The van der Waals surface area contributed by atoms with Gasteiger partial charge in [-0.2, -0.15) is 0 Å². The number of allylic oxidation sites excluding steroid dienone is 1. The molecule has 0 radical (unpaired) electrons. The first-order chi connectivity index (χ1) is 6.25. The van der Waals surface area contributed by atoms with Gasteiger partial charge in [-0.05, 0) is 37.0 Å². The lowest BCUT2D eigenvalue weighted by Crippen LogP contribution is -2.58. The molecule has 0 aromatic carbocycles. The van der Waals surface area contributed by atoms with Crippen LogP contribution < -0.4 is 5.32 Å². The van der Waals surface area contributed by atoms with Crippen molar-refractivity contribution in [2.75, 3.05) is 0 Å². The van der Waals surface area contributed by atoms with E-state index in [2.05, 4.69) is 25.2 Å². The number of fused-ring (bicyclic) bond motifs is 1. The van der Waals surface area contributed by atoms with Crippen LogP contribution in [0.15, 0.2) is 11.6 Å². The molecule has 4 atom stereocenters. The van der Waals surface area contributed by atoms with E-state index in [9.17, 15) is 0 Å². The van der Waals surface area contributed by atoms with Crippen LogP contribution in [-0.4, -0.2) is 12.1 Å². The van der Waals surface area contributed by atoms with Gasteiger partial charge >= 0.3 is 0 Å². The average Bonchev–Trinajstić information content (AvgIpc) is 2.04. The Morgan fingerprint density at radius 1 is 1.38 bits per heavy atom. The summed E-state index contributed by atoms with van der Waals surface area (Å²) >= 11 is 0. The van der Waals surface area contributed by atoms with Gasteiger partial charge in [0.2, 0.25) is 0 Å². The van der Waals surface area contributed by atoms with Crippen LogP contribution in [0, 0.1) is 17.8 Å². The molecule has 5 aliphatic carbocycles. The smallest absolute Gasteiger partial charge is 0.0167 e. The Labute approximate surface area is 80.6 Å². The highest BCUT2D eigenvalue weighted by Gasteiger charge is 2.51. The molecule has 1 heteroatoms. The number of hydrogen-bond donors (Lipinski definition) is 1. The molecule has 5 aliphatic rings. The first kappa shape index (κ1) is 8.05. The largest absolute Gasteiger partial charge is 0.311 e. The third kappa shape index (κ3) is 1.03. The van der Waals surface area contributed by atoms with E-state index in [1.807, 2.05) is 0 Å². The standard InChI is InChI=1S/C12H19N/c1-7(2)13-12-8-3-4-10-9(5-8)6-11(10)12/h4,7-9,11-13H,3,5-6H2,1-2H3. The summed E-state index contributed by atoms with van der Waals surface area (Å²) in [5.74, 6) is 2.90. The van der Waals surface area contributed by atoms with E-state index in [0.717, 1.165) is 23.8 Å². The van der Waals surface area contributed by atoms with Crippen molar-refractivity contribution in [2.24, 2.45) is 17.8 Å². The molecule has 0 aliphatic heterocycles. The fraction of sp³-hybridized carbons (Fsp3) is 0.833. The van der Waals surface area contributed by atoms with Gasteiger partial charge in [0.25, 0.3) is 0 Å². The molecule has 4 unspecified atom stereocenters. The molecule has 3 saturated carbocycles. The Morgan fingerprint density at radius 3 is 2.77 bits per heavy atom. The van der Waals surface area contributed by atoms with Gasteiger partial charge in [-0.15, -0.1) is 0 Å². The molecular formula is C12H19N. The first-order valence-electron chi connectivity index (χ1n) is 5.71. The van der Waals surface area contributed by atoms with Crippen LogP contribution in [0.5, 0.6) is 0 Å². The van der Waals surface area contributed by atoms with Crippen LogP contribution in [0.4, 0.5) is 0 Å². The minimum atomic E-state index is 0.656. The molecule has 4 bridgehead atoms. The summed E-state index contributed by atoms with van der Waals surface area (Å²) in [6.07, 6.45) is 6.84. The van der Waals surface area contributed by atoms with E-state index < -0.39 is 0 Å². The molecule has 0 amide bonds. The van der Waals surface area contributed by atoms with Crippen molar-refractivity contribution in [3.63, 3.8) is 0 Å². The predicted molar refractivity (Wildman–Crippen MR) is 54.5 cm³/mol. The fourth-order valence-corrected chi connectivity index (χ4v) is 3.63. The van der Waals surface area contributed by atoms with E-state index in [1.165, 1.54) is 19.3 Å². The summed E-state index contributed by atoms with van der Waals surface area (Å²) in [6.45, 7) is 4.54. The van der Waals surface area contributed by atoms with Crippen LogP contribution in [0.1, 0.15) is 33.1 Å². The number of nitrogens with one attached hydrogen (secondary N) is 1. The predicted octanol–water partition coefficient (Wildman–Crippen LogP) is 2.34. The highest BCUT2D eigenvalue weighted by molar-refractivity contribution is 5.31. The molecular weight excluding hydrogens is 158 g/mol. The van der Waals surface area contributed by atoms with E-state index in [1.54, 1.807) is 5.57 Å².